The third-order valence-electron chi connectivity index (χ3n) is 3.74. The summed E-state index contributed by atoms with van der Waals surface area (Å²) in [5.74, 6) is 0. The number of para-hydroxylation sites is 1. The standard InChI is InChI=1S/C16H15N4S/c1-12-15(13-8-4-2-5-9-13)20-16(21-12)19(17-18-20)14-10-6-3-7-11-14/h2-12,15H,1H3/q+1/t12-,15+/m1/s1. The van der Waals surface area contributed by atoms with Crippen LogP contribution in [0.5, 0.6) is 0 Å². The summed E-state index contributed by atoms with van der Waals surface area (Å²) in [6, 6.07) is 20.9. The summed E-state index contributed by atoms with van der Waals surface area (Å²) in [6.07, 6.45) is 0. The average Bonchev–Trinajstić information content (AvgIpc) is 3.06. The second-order valence-electron chi connectivity index (χ2n) is 5.13. The quantitative estimate of drug-likeness (QED) is 0.682. The second kappa shape index (κ2) is 5.00. The van der Waals surface area contributed by atoms with Crippen LogP contribution in [0.4, 0.5) is 0 Å². The summed E-state index contributed by atoms with van der Waals surface area (Å²) in [6.45, 7) is 2.24. The highest BCUT2D eigenvalue weighted by Crippen LogP contribution is 2.37. The Kier molecular flexibility index (Phi) is 3.00. The highest BCUT2D eigenvalue weighted by Gasteiger charge is 2.41. The van der Waals surface area contributed by atoms with Crippen LogP contribution in [0.2, 0.25) is 0 Å². The summed E-state index contributed by atoms with van der Waals surface area (Å²) in [5.41, 5.74) is 2.33. The summed E-state index contributed by atoms with van der Waals surface area (Å²) in [7, 11) is 0. The molecule has 2 heterocycles. The van der Waals surface area contributed by atoms with Gasteiger partial charge in [0.25, 0.3) is 0 Å². The predicted octanol–water partition coefficient (Wildman–Crippen LogP) is 2.64. The number of nitrogens with zero attached hydrogens (tertiary/aromatic N) is 4. The first kappa shape index (κ1) is 12.6. The van der Waals surface area contributed by atoms with Gasteiger partial charge < -0.3 is 0 Å². The van der Waals surface area contributed by atoms with Crippen LogP contribution in [-0.4, -0.2) is 20.4 Å². The molecule has 0 spiro atoms. The molecule has 1 aliphatic rings. The van der Waals surface area contributed by atoms with Gasteiger partial charge in [0.05, 0.1) is 5.25 Å². The van der Waals surface area contributed by atoms with Gasteiger partial charge in [-0.15, -0.1) is 4.68 Å². The number of aromatic nitrogens is 4. The Morgan fingerprint density at radius 1 is 1.00 bits per heavy atom. The predicted molar refractivity (Wildman–Crippen MR) is 81.5 cm³/mol. The number of fused-ring (bicyclic) bond motifs is 1. The van der Waals surface area contributed by atoms with Gasteiger partial charge in [-0.1, -0.05) is 48.5 Å². The fraction of sp³-hybridized carbons (Fsp3) is 0.188. The molecular weight excluding hydrogens is 280 g/mol. The molecule has 104 valence electrons. The van der Waals surface area contributed by atoms with Crippen LogP contribution >= 0.6 is 11.8 Å². The van der Waals surface area contributed by atoms with Gasteiger partial charge in [0.15, 0.2) is 5.21 Å². The van der Waals surface area contributed by atoms with Crippen LogP contribution in [0.3, 0.4) is 0 Å². The van der Waals surface area contributed by atoms with Crippen LogP contribution in [0.15, 0.2) is 65.8 Å². The first-order valence-electron chi connectivity index (χ1n) is 6.99. The van der Waals surface area contributed by atoms with E-state index < -0.39 is 0 Å². The zero-order chi connectivity index (χ0) is 14.2. The van der Waals surface area contributed by atoms with E-state index in [1.165, 1.54) is 5.56 Å². The molecule has 0 bridgehead atoms. The van der Waals surface area contributed by atoms with Crippen molar-refractivity contribution in [3.8, 4) is 5.69 Å². The highest BCUT2D eigenvalue weighted by atomic mass is 32.2. The molecule has 5 heteroatoms. The highest BCUT2D eigenvalue weighted by molar-refractivity contribution is 7.99. The maximum atomic E-state index is 4.39. The normalized spacial score (nSPS) is 20.4. The van der Waals surface area contributed by atoms with E-state index in [1.807, 2.05) is 45.4 Å². The van der Waals surface area contributed by atoms with Crippen molar-refractivity contribution in [2.45, 2.75) is 23.4 Å². The largest absolute Gasteiger partial charge is 0.324 e. The van der Waals surface area contributed by atoms with E-state index in [1.54, 1.807) is 0 Å². The fourth-order valence-electron chi connectivity index (χ4n) is 2.76. The number of benzene rings is 2. The maximum Gasteiger partial charge on any atom is 0.324 e. The number of hydrogen-bond donors (Lipinski definition) is 0. The Bertz CT molecular complexity index is 754. The molecule has 0 saturated carbocycles. The van der Waals surface area contributed by atoms with Crippen molar-refractivity contribution < 1.29 is 4.68 Å². The average molecular weight is 295 g/mol. The summed E-state index contributed by atoms with van der Waals surface area (Å²) < 4.78 is 3.96. The number of rotatable bonds is 2. The Balaban J connectivity index is 1.80. The summed E-state index contributed by atoms with van der Waals surface area (Å²) in [4.78, 5) is 0. The molecule has 1 aliphatic heterocycles. The van der Waals surface area contributed by atoms with Crippen LogP contribution in [0.1, 0.15) is 18.5 Å². The second-order valence-corrected chi connectivity index (χ2v) is 6.48. The van der Waals surface area contributed by atoms with Gasteiger partial charge in [0.1, 0.15) is 16.9 Å². The van der Waals surface area contributed by atoms with Crippen LogP contribution in [0.25, 0.3) is 5.69 Å². The Morgan fingerprint density at radius 2 is 1.67 bits per heavy atom. The lowest BCUT2D eigenvalue weighted by Crippen LogP contribution is -2.43. The zero-order valence-corrected chi connectivity index (χ0v) is 12.4. The van der Waals surface area contributed by atoms with Gasteiger partial charge >= 0.3 is 5.16 Å². The fourth-order valence-corrected chi connectivity index (χ4v) is 3.99. The number of tetrazole rings is 1. The van der Waals surface area contributed by atoms with E-state index in [0.29, 0.717) is 5.25 Å². The van der Waals surface area contributed by atoms with Gasteiger partial charge in [-0.05, 0) is 41.1 Å². The first-order chi connectivity index (χ1) is 10.3. The molecule has 2 atom stereocenters. The molecule has 0 saturated heterocycles. The molecule has 1 aromatic heterocycles. The van der Waals surface area contributed by atoms with Gasteiger partial charge in [0.2, 0.25) is 0 Å². The lowest BCUT2D eigenvalue weighted by atomic mass is 10.1. The van der Waals surface area contributed by atoms with Crippen molar-refractivity contribution >= 4 is 11.8 Å². The Labute approximate surface area is 127 Å². The summed E-state index contributed by atoms with van der Waals surface area (Å²) in [5, 5.41) is 10.2. The van der Waals surface area contributed by atoms with Crippen molar-refractivity contribution in [2.24, 2.45) is 0 Å². The van der Waals surface area contributed by atoms with Gasteiger partial charge in [-0.25, -0.2) is 0 Å². The molecule has 21 heavy (non-hydrogen) atoms. The van der Waals surface area contributed by atoms with Gasteiger partial charge in [-0.2, -0.15) is 0 Å². The van der Waals surface area contributed by atoms with Crippen LogP contribution < -0.4 is 4.68 Å². The number of hydrogen-bond acceptors (Lipinski definition) is 3. The lowest BCUT2D eigenvalue weighted by molar-refractivity contribution is -0.796. The Morgan fingerprint density at radius 3 is 2.38 bits per heavy atom. The lowest BCUT2D eigenvalue weighted by Gasteiger charge is -2.11. The molecule has 2 aromatic carbocycles. The third-order valence-corrected chi connectivity index (χ3v) is 4.94. The minimum absolute atomic E-state index is 0.240. The molecule has 0 aliphatic carbocycles. The number of thioether (sulfide) groups is 1. The minimum atomic E-state index is 0.240. The molecule has 4 nitrogen and oxygen atoms in total. The van der Waals surface area contributed by atoms with Crippen LogP contribution in [0, 0.1) is 0 Å². The topological polar surface area (TPSA) is 34.6 Å². The van der Waals surface area contributed by atoms with Crippen molar-refractivity contribution in [3.63, 3.8) is 0 Å². The molecular formula is C16H15N4S+. The van der Waals surface area contributed by atoms with Crippen LogP contribution in [-0.2, 0) is 0 Å². The van der Waals surface area contributed by atoms with E-state index in [4.69, 9.17) is 0 Å². The first-order valence-corrected chi connectivity index (χ1v) is 7.87. The monoisotopic (exact) mass is 295 g/mol. The SMILES string of the molecule is C[C@H]1Sc2n(-c3ccccc3)nn[n+]2[C@@H]1c1ccccc1. The molecule has 0 radical (unpaired) electrons. The third kappa shape index (κ3) is 2.05. The van der Waals surface area contributed by atoms with Crippen molar-refractivity contribution in [1.29, 1.82) is 0 Å². The van der Waals surface area contributed by atoms with Crippen molar-refractivity contribution in [2.75, 3.05) is 0 Å². The zero-order valence-electron chi connectivity index (χ0n) is 11.6. The van der Waals surface area contributed by atoms with E-state index >= 15 is 0 Å². The van der Waals surface area contributed by atoms with Gasteiger partial charge in [0, 0.05) is 0 Å². The molecule has 0 fully saturated rings. The Hall–Kier alpha value is -2.14. The maximum absolute atomic E-state index is 4.39. The van der Waals surface area contributed by atoms with Crippen molar-refractivity contribution in [3.05, 3.63) is 66.2 Å². The summed E-state index contributed by atoms with van der Waals surface area (Å²) >= 11 is 1.82. The minimum Gasteiger partial charge on any atom is -0.118 e. The molecule has 0 unspecified atom stereocenters. The van der Waals surface area contributed by atoms with E-state index in [0.717, 1.165) is 10.8 Å². The van der Waals surface area contributed by atoms with Gasteiger partial charge in [-0.3, -0.25) is 0 Å². The van der Waals surface area contributed by atoms with Crippen molar-refractivity contribution in [1.82, 2.24) is 15.1 Å². The molecule has 4 rings (SSSR count). The molecule has 0 N–H and O–H groups in total. The van der Waals surface area contributed by atoms with E-state index in [9.17, 15) is 0 Å². The smallest absolute Gasteiger partial charge is 0.118 e. The van der Waals surface area contributed by atoms with E-state index in [-0.39, 0.29) is 6.04 Å². The molecule has 0 amide bonds. The molecule has 3 aromatic rings. The van der Waals surface area contributed by atoms with E-state index in [2.05, 4.69) is 53.7 Å².